The zero-order chi connectivity index (χ0) is 27.0. The predicted octanol–water partition coefficient (Wildman–Crippen LogP) is 7.70. The van der Waals surface area contributed by atoms with Gasteiger partial charge in [0.25, 0.3) is 10.0 Å². The first-order valence-electron chi connectivity index (χ1n) is 10.8. The third-order valence-corrected chi connectivity index (χ3v) is 9.08. The van der Waals surface area contributed by atoms with Gasteiger partial charge in [-0.05, 0) is 62.0 Å². The fraction of sp³-hybridized carbons (Fsp3) is 0.250. The van der Waals surface area contributed by atoms with Gasteiger partial charge in [0.15, 0.2) is 0 Å². The van der Waals surface area contributed by atoms with Crippen LogP contribution in [-0.4, -0.2) is 39.6 Å². The van der Waals surface area contributed by atoms with Crippen LogP contribution < -0.4 is 9.46 Å². The number of hydrogen-bond donors (Lipinski definition) is 1. The van der Waals surface area contributed by atoms with Crippen LogP contribution in [-0.2, 0) is 16.2 Å². The molecule has 0 radical (unpaired) electrons. The van der Waals surface area contributed by atoms with Gasteiger partial charge in [-0.15, -0.1) is 0 Å². The Hall–Kier alpha value is -1.82. The van der Waals surface area contributed by atoms with Crippen LogP contribution in [0.2, 0.25) is 15.1 Å². The van der Waals surface area contributed by atoms with Crippen LogP contribution >= 0.6 is 46.6 Å². The monoisotopic (exact) mass is 610 g/mol. The molecule has 37 heavy (non-hydrogen) atoms. The molecule has 3 aromatic carbocycles. The summed E-state index contributed by atoms with van der Waals surface area (Å²) in [4.78, 5) is 3.13. The largest absolute Gasteiger partial charge is 0.488 e. The molecule has 0 saturated carbocycles. The highest BCUT2D eigenvalue weighted by atomic mass is 35.5. The van der Waals surface area contributed by atoms with Crippen molar-refractivity contribution in [3.8, 4) is 5.75 Å². The number of anilines is 1. The standard InChI is InChI=1S/C24H20Cl3F3N2O3S2/c1-32-9-8-15(13-32)35-22-10-14(2-5-18(22)24(28,29)30)31-37(33,34)23-7-4-17(12-21(23)27)36-16-3-6-19(25)20(26)11-16/h2-7,10-12,15,31H,8-9,13H2,1H3. The fourth-order valence-corrected chi connectivity index (χ4v) is 6.66. The van der Waals surface area contributed by atoms with Crippen molar-refractivity contribution in [3.05, 3.63) is 75.2 Å². The molecule has 1 atom stereocenters. The molecule has 1 aliphatic heterocycles. The lowest BCUT2D eigenvalue weighted by atomic mass is 10.1. The van der Waals surface area contributed by atoms with Crippen LogP contribution in [0.5, 0.6) is 5.75 Å². The molecule has 0 bridgehead atoms. The van der Waals surface area contributed by atoms with Gasteiger partial charge in [-0.3, -0.25) is 4.72 Å². The van der Waals surface area contributed by atoms with Crippen LogP contribution in [0.4, 0.5) is 18.9 Å². The summed E-state index contributed by atoms with van der Waals surface area (Å²) in [6, 6.07) is 12.3. The molecule has 0 aromatic heterocycles. The first kappa shape index (κ1) is 28.2. The lowest BCUT2D eigenvalue weighted by Crippen LogP contribution is -2.23. The van der Waals surface area contributed by atoms with Crippen molar-refractivity contribution in [1.29, 1.82) is 0 Å². The third kappa shape index (κ3) is 6.99. The van der Waals surface area contributed by atoms with Crippen molar-refractivity contribution < 1.29 is 26.3 Å². The topological polar surface area (TPSA) is 58.6 Å². The number of halogens is 6. The number of alkyl halides is 3. The summed E-state index contributed by atoms with van der Waals surface area (Å²) in [5.74, 6) is -0.438. The van der Waals surface area contributed by atoms with Crippen LogP contribution in [0.3, 0.4) is 0 Å². The van der Waals surface area contributed by atoms with E-state index in [4.69, 9.17) is 39.5 Å². The van der Waals surface area contributed by atoms with Crippen molar-refractivity contribution >= 4 is 62.3 Å². The van der Waals surface area contributed by atoms with Crippen LogP contribution in [0.15, 0.2) is 69.3 Å². The average molecular weight is 612 g/mol. The zero-order valence-electron chi connectivity index (χ0n) is 19.2. The van der Waals surface area contributed by atoms with E-state index in [1.54, 1.807) is 24.3 Å². The molecule has 1 heterocycles. The number of likely N-dealkylation sites (tertiary alicyclic amines) is 1. The Bertz CT molecular complexity index is 1420. The summed E-state index contributed by atoms with van der Waals surface area (Å²) >= 11 is 19.6. The summed E-state index contributed by atoms with van der Waals surface area (Å²) in [6.07, 6.45) is -4.54. The van der Waals surface area contributed by atoms with Gasteiger partial charge in [-0.2, -0.15) is 13.2 Å². The number of ether oxygens (including phenoxy) is 1. The van der Waals surface area contributed by atoms with E-state index in [0.717, 1.165) is 23.1 Å². The van der Waals surface area contributed by atoms with E-state index in [9.17, 15) is 21.6 Å². The maximum atomic E-state index is 13.6. The number of nitrogens with one attached hydrogen (secondary N) is 1. The van der Waals surface area contributed by atoms with Crippen LogP contribution in [0.25, 0.3) is 0 Å². The van der Waals surface area contributed by atoms with Crippen molar-refractivity contribution in [1.82, 2.24) is 4.90 Å². The molecule has 5 nitrogen and oxygen atoms in total. The van der Waals surface area contributed by atoms with Gasteiger partial charge < -0.3 is 9.64 Å². The SMILES string of the molecule is CN1CCC(Oc2cc(NS(=O)(=O)c3ccc(Sc4ccc(Cl)c(Cl)c4)cc3Cl)ccc2C(F)(F)F)C1. The molecule has 1 saturated heterocycles. The second-order valence-electron chi connectivity index (χ2n) is 8.38. The highest BCUT2D eigenvalue weighted by molar-refractivity contribution is 7.99. The van der Waals surface area contributed by atoms with Gasteiger partial charge in [-0.25, -0.2) is 8.42 Å². The number of nitrogens with zero attached hydrogens (tertiary/aromatic N) is 1. The molecule has 1 aliphatic rings. The number of sulfonamides is 1. The number of rotatable bonds is 7. The van der Waals surface area contributed by atoms with Crippen molar-refractivity contribution in [2.75, 3.05) is 24.9 Å². The van der Waals surface area contributed by atoms with E-state index in [1.165, 1.54) is 23.9 Å². The summed E-state index contributed by atoms with van der Waals surface area (Å²) in [5.41, 5.74) is -1.06. The van der Waals surface area contributed by atoms with E-state index in [1.807, 2.05) is 11.9 Å². The lowest BCUT2D eigenvalue weighted by Gasteiger charge is -2.19. The first-order chi connectivity index (χ1) is 17.3. The molecular weight excluding hydrogens is 592 g/mol. The number of hydrogen-bond acceptors (Lipinski definition) is 5. The molecule has 1 N–H and O–H groups in total. The number of benzene rings is 3. The van der Waals surface area contributed by atoms with E-state index in [-0.39, 0.29) is 15.6 Å². The number of likely N-dealkylation sites (N-methyl/N-ethyl adjacent to an activating group) is 1. The molecule has 198 valence electrons. The summed E-state index contributed by atoms with van der Waals surface area (Å²) in [6.45, 7) is 1.16. The third-order valence-electron chi connectivity index (χ3n) is 5.50. The Labute approximate surface area is 231 Å². The van der Waals surface area contributed by atoms with Gasteiger partial charge in [0.2, 0.25) is 0 Å². The molecule has 0 spiro atoms. The van der Waals surface area contributed by atoms with Crippen LogP contribution in [0, 0.1) is 0 Å². The minimum atomic E-state index is -4.66. The molecule has 3 aromatic rings. The molecule has 1 unspecified atom stereocenters. The molecular formula is C24H20Cl3F3N2O3S2. The molecule has 1 fully saturated rings. The smallest absolute Gasteiger partial charge is 0.419 e. The highest BCUT2D eigenvalue weighted by Gasteiger charge is 2.36. The van der Waals surface area contributed by atoms with Crippen LogP contribution in [0.1, 0.15) is 12.0 Å². The van der Waals surface area contributed by atoms with E-state index in [0.29, 0.717) is 34.5 Å². The predicted molar refractivity (Wildman–Crippen MR) is 141 cm³/mol. The molecule has 0 aliphatic carbocycles. The van der Waals surface area contributed by atoms with E-state index >= 15 is 0 Å². The van der Waals surface area contributed by atoms with Crippen molar-refractivity contribution in [3.63, 3.8) is 0 Å². The average Bonchev–Trinajstić information content (AvgIpc) is 3.19. The van der Waals surface area contributed by atoms with Crippen molar-refractivity contribution in [2.45, 2.75) is 33.4 Å². The first-order valence-corrected chi connectivity index (χ1v) is 14.3. The molecule has 4 rings (SSSR count). The van der Waals surface area contributed by atoms with Gasteiger partial charge in [0.1, 0.15) is 16.7 Å². The van der Waals surface area contributed by atoms with Gasteiger partial charge in [0.05, 0.1) is 26.3 Å². The van der Waals surface area contributed by atoms with Crippen molar-refractivity contribution in [2.24, 2.45) is 0 Å². The highest BCUT2D eigenvalue weighted by Crippen LogP contribution is 2.40. The Morgan fingerprint density at radius 1 is 0.973 bits per heavy atom. The molecule has 13 heteroatoms. The summed E-state index contributed by atoms with van der Waals surface area (Å²) in [5, 5.41) is 0.722. The summed E-state index contributed by atoms with van der Waals surface area (Å²) in [7, 11) is -2.38. The van der Waals surface area contributed by atoms with Gasteiger partial charge >= 0.3 is 6.18 Å². The van der Waals surface area contributed by atoms with E-state index in [2.05, 4.69) is 4.72 Å². The Morgan fingerprint density at radius 2 is 1.65 bits per heavy atom. The van der Waals surface area contributed by atoms with Gasteiger partial charge in [-0.1, -0.05) is 46.6 Å². The second-order valence-corrected chi connectivity index (χ2v) is 12.4. The Morgan fingerprint density at radius 3 is 2.24 bits per heavy atom. The quantitative estimate of drug-likeness (QED) is 0.297. The maximum absolute atomic E-state index is 13.6. The maximum Gasteiger partial charge on any atom is 0.419 e. The van der Waals surface area contributed by atoms with Gasteiger partial charge in [0, 0.05) is 28.9 Å². The lowest BCUT2D eigenvalue weighted by molar-refractivity contribution is -0.139. The molecule has 0 amide bonds. The Balaban J connectivity index is 1.56. The Kier molecular flexibility index (Phi) is 8.47. The summed E-state index contributed by atoms with van der Waals surface area (Å²) < 4.78 is 74.7. The second kappa shape index (κ2) is 11.1. The minimum absolute atomic E-state index is 0.0602. The normalized spacial score (nSPS) is 16.7. The fourth-order valence-electron chi connectivity index (χ4n) is 3.74. The van der Waals surface area contributed by atoms with E-state index < -0.39 is 33.6 Å². The zero-order valence-corrected chi connectivity index (χ0v) is 23.1. The minimum Gasteiger partial charge on any atom is -0.488 e.